The van der Waals surface area contributed by atoms with Gasteiger partial charge in [-0.15, -0.1) is 17.9 Å². The Bertz CT molecular complexity index is 1490. The summed E-state index contributed by atoms with van der Waals surface area (Å²) in [4.78, 5) is 40.2. The predicted molar refractivity (Wildman–Crippen MR) is 132 cm³/mol. The average Bonchev–Trinajstić information content (AvgIpc) is 3.12. The molecule has 4 aromatic rings. The lowest BCUT2D eigenvalue weighted by molar-refractivity contribution is 0.509. The Morgan fingerprint density at radius 3 is 3.03 bits per heavy atom. The fourth-order valence-corrected chi connectivity index (χ4v) is 6.64. The molecule has 1 atom stereocenters. The van der Waals surface area contributed by atoms with Crippen molar-refractivity contribution in [3.8, 4) is 0 Å². The zero-order chi connectivity index (χ0) is 22.4. The standard InChI is InChI=1S/C23H21ClN4O2S2/c1-3-8-28-22(30)19-14-6-4-12(2)9-17(14)32-21(19)27-23(28)31-11-18-25-16-7-5-13(24)10-15(16)20(29)26-18/h3,5,7,10,12H,1,4,6,8-9,11H2,2H3,(H,25,26,29). The highest BCUT2D eigenvalue weighted by atomic mass is 35.5. The van der Waals surface area contributed by atoms with E-state index in [1.165, 1.54) is 22.2 Å². The van der Waals surface area contributed by atoms with E-state index in [0.717, 1.165) is 29.5 Å². The molecule has 3 aromatic heterocycles. The summed E-state index contributed by atoms with van der Waals surface area (Å²) in [5.74, 6) is 1.53. The van der Waals surface area contributed by atoms with Crippen molar-refractivity contribution in [1.29, 1.82) is 0 Å². The van der Waals surface area contributed by atoms with Crippen molar-refractivity contribution in [3.63, 3.8) is 0 Å². The molecular formula is C23H21ClN4O2S2. The molecule has 32 heavy (non-hydrogen) atoms. The fourth-order valence-electron chi connectivity index (χ4n) is 4.17. The molecule has 9 heteroatoms. The number of halogens is 1. The molecule has 1 N–H and O–H groups in total. The van der Waals surface area contributed by atoms with E-state index in [9.17, 15) is 9.59 Å². The number of H-pyrrole nitrogens is 1. The van der Waals surface area contributed by atoms with Crippen LogP contribution in [0.25, 0.3) is 21.1 Å². The smallest absolute Gasteiger partial charge is 0.263 e. The van der Waals surface area contributed by atoms with Gasteiger partial charge in [-0.05, 0) is 48.9 Å². The highest BCUT2D eigenvalue weighted by Crippen LogP contribution is 2.36. The summed E-state index contributed by atoms with van der Waals surface area (Å²) in [7, 11) is 0. The molecule has 1 aliphatic rings. The molecule has 164 valence electrons. The molecule has 3 heterocycles. The molecule has 0 fully saturated rings. The van der Waals surface area contributed by atoms with Gasteiger partial charge in [0.2, 0.25) is 0 Å². The SMILES string of the molecule is C=CCn1c(SCc2nc3ccc(Cl)cc3c(=O)[nH]2)nc2sc3c(c2c1=O)CCC(C)C3. The molecule has 5 rings (SSSR count). The molecule has 0 radical (unpaired) electrons. The molecule has 1 aliphatic carbocycles. The quantitative estimate of drug-likeness (QED) is 0.246. The van der Waals surface area contributed by atoms with Crippen LogP contribution >= 0.6 is 34.7 Å². The number of aromatic nitrogens is 4. The number of benzene rings is 1. The molecule has 6 nitrogen and oxygen atoms in total. The first-order valence-electron chi connectivity index (χ1n) is 10.4. The number of fused-ring (bicyclic) bond motifs is 4. The second-order valence-corrected chi connectivity index (χ2v) is 10.6. The van der Waals surface area contributed by atoms with Gasteiger partial charge in [-0.2, -0.15) is 0 Å². The van der Waals surface area contributed by atoms with Gasteiger partial charge in [0.1, 0.15) is 10.7 Å². The maximum Gasteiger partial charge on any atom is 0.263 e. The topological polar surface area (TPSA) is 80.6 Å². The maximum atomic E-state index is 13.4. The van der Waals surface area contributed by atoms with Gasteiger partial charge in [-0.25, -0.2) is 9.97 Å². The Kier molecular flexibility index (Phi) is 5.69. The number of hydrogen-bond acceptors (Lipinski definition) is 6. The van der Waals surface area contributed by atoms with Crippen LogP contribution in [0.3, 0.4) is 0 Å². The minimum Gasteiger partial charge on any atom is -0.309 e. The van der Waals surface area contributed by atoms with Crippen LogP contribution in [0.1, 0.15) is 29.6 Å². The summed E-state index contributed by atoms with van der Waals surface area (Å²) in [6.07, 6.45) is 4.74. The minimum atomic E-state index is -0.236. The molecular weight excluding hydrogens is 464 g/mol. The van der Waals surface area contributed by atoms with Crippen LogP contribution in [0.5, 0.6) is 0 Å². The van der Waals surface area contributed by atoms with Crippen molar-refractivity contribution >= 4 is 55.8 Å². The summed E-state index contributed by atoms with van der Waals surface area (Å²) in [5.41, 5.74) is 1.51. The van der Waals surface area contributed by atoms with E-state index in [4.69, 9.17) is 16.6 Å². The van der Waals surface area contributed by atoms with Crippen LogP contribution in [0.2, 0.25) is 5.02 Å². The number of hydrogen-bond donors (Lipinski definition) is 1. The third kappa shape index (κ3) is 3.80. The number of aromatic amines is 1. The van der Waals surface area contributed by atoms with Crippen LogP contribution < -0.4 is 11.1 Å². The van der Waals surface area contributed by atoms with Crippen molar-refractivity contribution in [2.24, 2.45) is 5.92 Å². The highest BCUT2D eigenvalue weighted by molar-refractivity contribution is 7.98. The highest BCUT2D eigenvalue weighted by Gasteiger charge is 2.24. The Morgan fingerprint density at radius 1 is 1.38 bits per heavy atom. The van der Waals surface area contributed by atoms with Gasteiger partial charge >= 0.3 is 0 Å². The van der Waals surface area contributed by atoms with E-state index in [0.29, 0.717) is 45.1 Å². The van der Waals surface area contributed by atoms with Crippen LogP contribution in [-0.2, 0) is 25.1 Å². The van der Waals surface area contributed by atoms with E-state index in [1.807, 2.05) is 0 Å². The lowest BCUT2D eigenvalue weighted by Crippen LogP contribution is -2.23. The van der Waals surface area contributed by atoms with Crippen molar-refractivity contribution in [3.05, 3.63) is 72.8 Å². The van der Waals surface area contributed by atoms with E-state index in [2.05, 4.69) is 23.5 Å². The van der Waals surface area contributed by atoms with E-state index in [-0.39, 0.29) is 11.1 Å². The summed E-state index contributed by atoms with van der Waals surface area (Å²) in [5, 5.41) is 2.31. The van der Waals surface area contributed by atoms with Crippen LogP contribution in [-0.4, -0.2) is 19.5 Å². The summed E-state index contributed by atoms with van der Waals surface area (Å²) < 4.78 is 1.67. The Hall–Kier alpha value is -2.42. The summed E-state index contributed by atoms with van der Waals surface area (Å²) >= 11 is 9.02. The first-order chi connectivity index (χ1) is 15.4. The lowest BCUT2D eigenvalue weighted by atomic mass is 9.89. The van der Waals surface area contributed by atoms with E-state index in [1.54, 1.807) is 40.2 Å². The third-order valence-corrected chi connectivity index (χ3v) is 8.12. The summed E-state index contributed by atoms with van der Waals surface area (Å²) in [6, 6.07) is 5.05. The Labute approximate surface area is 197 Å². The molecule has 0 saturated carbocycles. The number of allylic oxidation sites excluding steroid dienone is 1. The van der Waals surface area contributed by atoms with Crippen molar-refractivity contribution in [1.82, 2.24) is 19.5 Å². The summed E-state index contributed by atoms with van der Waals surface area (Å²) in [6.45, 7) is 6.44. The largest absolute Gasteiger partial charge is 0.309 e. The van der Waals surface area contributed by atoms with Gasteiger partial charge in [0.15, 0.2) is 5.16 Å². The first kappa shape index (κ1) is 21.4. The number of thioether (sulfide) groups is 1. The van der Waals surface area contributed by atoms with Gasteiger partial charge in [0.25, 0.3) is 11.1 Å². The van der Waals surface area contributed by atoms with Crippen LogP contribution in [0.15, 0.2) is 45.6 Å². The molecule has 0 saturated heterocycles. The average molecular weight is 485 g/mol. The van der Waals surface area contributed by atoms with Gasteiger partial charge in [0.05, 0.1) is 22.0 Å². The van der Waals surface area contributed by atoms with E-state index >= 15 is 0 Å². The number of nitrogens with zero attached hydrogens (tertiary/aromatic N) is 3. The number of aryl methyl sites for hydroxylation is 1. The van der Waals surface area contributed by atoms with Crippen LogP contribution in [0, 0.1) is 5.92 Å². The van der Waals surface area contributed by atoms with Crippen molar-refractivity contribution < 1.29 is 0 Å². The predicted octanol–water partition coefficient (Wildman–Crippen LogP) is 4.95. The molecule has 0 bridgehead atoms. The van der Waals surface area contributed by atoms with Gasteiger partial charge < -0.3 is 4.98 Å². The fraction of sp³-hybridized carbons (Fsp3) is 0.304. The maximum absolute atomic E-state index is 13.4. The molecule has 1 aromatic carbocycles. The number of nitrogens with one attached hydrogen (secondary N) is 1. The zero-order valence-electron chi connectivity index (χ0n) is 17.5. The normalized spacial score (nSPS) is 15.9. The monoisotopic (exact) mass is 484 g/mol. The third-order valence-electron chi connectivity index (χ3n) is 5.75. The van der Waals surface area contributed by atoms with Crippen molar-refractivity contribution in [2.45, 2.75) is 43.6 Å². The van der Waals surface area contributed by atoms with Crippen molar-refractivity contribution in [2.75, 3.05) is 0 Å². The van der Waals surface area contributed by atoms with E-state index < -0.39 is 0 Å². The number of thiophene rings is 1. The van der Waals surface area contributed by atoms with Gasteiger partial charge in [-0.1, -0.05) is 36.4 Å². The first-order valence-corrected chi connectivity index (χ1v) is 12.6. The minimum absolute atomic E-state index is 0.0148. The Balaban J connectivity index is 1.54. The number of rotatable bonds is 5. The Morgan fingerprint density at radius 2 is 2.22 bits per heavy atom. The lowest BCUT2D eigenvalue weighted by Gasteiger charge is -2.17. The van der Waals surface area contributed by atoms with Crippen LogP contribution in [0.4, 0.5) is 0 Å². The van der Waals surface area contributed by atoms with Gasteiger partial charge in [-0.3, -0.25) is 14.2 Å². The van der Waals surface area contributed by atoms with Gasteiger partial charge in [0, 0.05) is 16.4 Å². The second kappa shape index (κ2) is 8.50. The molecule has 1 unspecified atom stereocenters. The molecule has 0 amide bonds. The molecule has 0 aliphatic heterocycles. The second-order valence-electron chi connectivity index (χ2n) is 8.09. The zero-order valence-corrected chi connectivity index (χ0v) is 19.9. The molecule has 0 spiro atoms.